The summed E-state index contributed by atoms with van der Waals surface area (Å²) in [5, 5.41) is 1.86. The summed E-state index contributed by atoms with van der Waals surface area (Å²) in [5.74, 6) is 2.77. The molecule has 1 fully saturated rings. The van der Waals surface area contributed by atoms with Crippen LogP contribution in [0, 0.1) is 17.8 Å². The summed E-state index contributed by atoms with van der Waals surface area (Å²) < 4.78 is 0. The lowest BCUT2D eigenvalue weighted by Crippen LogP contribution is -2.07. The van der Waals surface area contributed by atoms with Crippen molar-refractivity contribution in [3.63, 3.8) is 0 Å². The average molecular weight is 295 g/mol. The van der Waals surface area contributed by atoms with Crippen LogP contribution in [0.1, 0.15) is 59.8 Å². The minimum atomic E-state index is 0.177. The lowest BCUT2D eigenvalue weighted by Gasteiger charge is -2.24. The first-order valence-electron chi connectivity index (χ1n) is 8.68. The first-order valence-corrected chi connectivity index (χ1v) is 10.6. The van der Waals surface area contributed by atoms with Crippen molar-refractivity contribution >= 4 is 10.9 Å². The first kappa shape index (κ1) is 16.2. The van der Waals surface area contributed by atoms with Crippen LogP contribution in [-0.4, -0.2) is 16.8 Å². The van der Waals surface area contributed by atoms with E-state index in [4.69, 9.17) is 0 Å². The fourth-order valence-electron chi connectivity index (χ4n) is 3.89. The molecule has 0 aliphatic heterocycles. The Hall–Kier alpha value is -0.170. The molecule has 2 aliphatic rings. The largest absolute Gasteiger partial charge is 0.247 e. The predicted molar refractivity (Wildman–Crippen MR) is 96.0 cm³/mol. The zero-order valence-electron chi connectivity index (χ0n) is 14.1. The molecule has 0 aromatic heterocycles. The minimum absolute atomic E-state index is 0.177. The molecule has 3 unspecified atom stereocenters. The molecule has 0 aromatic carbocycles. The molecule has 0 radical (unpaired) electrons. The minimum Gasteiger partial charge on any atom is -0.247 e. The maximum Gasteiger partial charge on any atom is 0.00164 e. The lowest BCUT2D eigenvalue weighted by molar-refractivity contribution is 0.632. The summed E-state index contributed by atoms with van der Waals surface area (Å²) in [7, 11) is 0.177. The Balaban J connectivity index is 1.81. The number of fused-ring (bicyclic) bond motifs is 1. The highest BCUT2D eigenvalue weighted by atomic mass is 32.2. The number of hydrogen-bond donors (Lipinski definition) is 1. The van der Waals surface area contributed by atoms with Gasteiger partial charge in [0.05, 0.1) is 0 Å². The van der Waals surface area contributed by atoms with Crippen LogP contribution in [0.3, 0.4) is 0 Å². The van der Waals surface area contributed by atoms with Gasteiger partial charge in [0.1, 0.15) is 0 Å². The lowest BCUT2D eigenvalue weighted by atomic mass is 10.1. The molecule has 0 amide bonds. The fraction of sp³-hybridized carbons (Fsp3) is 0.789. The Morgan fingerprint density at radius 2 is 2.00 bits per heavy atom. The van der Waals surface area contributed by atoms with Gasteiger partial charge in [-0.25, -0.2) is 10.9 Å². The van der Waals surface area contributed by atoms with Crippen molar-refractivity contribution in [3.05, 3.63) is 23.8 Å². The normalized spacial score (nSPS) is 33.8. The first-order chi connectivity index (χ1) is 9.58. The van der Waals surface area contributed by atoms with Gasteiger partial charge in [-0.1, -0.05) is 64.3 Å². The molecule has 0 aromatic rings. The van der Waals surface area contributed by atoms with Crippen LogP contribution >= 0.6 is 10.9 Å². The Morgan fingerprint density at radius 3 is 2.55 bits per heavy atom. The fourth-order valence-corrected chi connectivity index (χ4v) is 6.47. The van der Waals surface area contributed by atoms with Crippen molar-refractivity contribution < 1.29 is 0 Å². The smallest absolute Gasteiger partial charge is 0.00164 e. The van der Waals surface area contributed by atoms with E-state index in [1.165, 1.54) is 32.1 Å². The molecular weight excluding hydrogens is 260 g/mol. The predicted octanol–water partition coefficient (Wildman–Crippen LogP) is 5.74. The third-order valence-corrected chi connectivity index (χ3v) is 8.38. The zero-order valence-corrected chi connectivity index (χ0v) is 15.0. The molecule has 20 heavy (non-hydrogen) atoms. The molecule has 0 nitrogen and oxygen atoms in total. The quantitative estimate of drug-likeness (QED) is 0.428. The molecule has 116 valence electrons. The molecule has 0 spiro atoms. The summed E-state index contributed by atoms with van der Waals surface area (Å²) in [6, 6.07) is 0. The summed E-state index contributed by atoms with van der Waals surface area (Å²) in [6.45, 7) is 9.40. The van der Waals surface area contributed by atoms with Crippen molar-refractivity contribution in [2.45, 2.75) is 70.3 Å². The van der Waals surface area contributed by atoms with Crippen molar-refractivity contribution in [2.75, 3.05) is 6.26 Å². The van der Waals surface area contributed by atoms with E-state index in [1.807, 2.05) is 0 Å². The van der Waals surface area contributed by atoms with E-state index in [0.717, 1.165) is 28.3 Å². The second kappa shape index (κ2) is 7.20. The van der Waals surface area contributed by atoms with Crippen LogP contribution in [0.4, 0.5) is 0 Å². The maximum absolute atomic E-state index is 2.65. The van der Waals surface area contributed by atoms with E-state index in [-0.39, 0.29) is 10.9 Å². The second-order valence-electron chi connectivity index (χ2n) is 7.07. The van der Waals surface area contributed by atoms with Gasteiger partial charge in [0.25, 0.3) is 0 Å². The van der Waals surface area contributed by atoms with Crippen molar-refractivity contribution in [3.8, 4) is 0 Å². The van der Waals surface area contributed by atoms with Gasteiger partial charge in [-0.15, -0.1) is 0 Å². The summed E-state index contributed by atoms with van der Waals surface area (Å²) >= 11 is 0. The second-order valence-corrected chi connectivity index (χ2v) is 9.81. The van der Waals surface area contributed by atoms with E-state index >= 15 is 0 Å². The molecule has 6 atom stereocenters. The summed E-state index contributed by atoms with van der Waals surface area (Å²) in [5.41, 5.74) is 1.77. The van der Waals surface area contributed by atoms with Crippen LogP contribution in [0.5, 0.6) is 0 Å². The van der Waals surface area contributed by atoms with Gasteiger partial charge in [-0.3, -0.25) is 0 Å². The highest BCUT2D eigenvalue weighted by molar-refractivity contribution is 8.17. The summed E-state index contributed by atoms with van der Waals surface area (Å²) in [4.78, 5) is 0. The maximum atomic E-state index is 2.65. The van der Waals surface area contributed by atoms with Gasteiger partial charge in [0.2, 0.25) is 0 Å². The van der Waals surface area contributed by atoms with Crippen molar-refractivity contribution in [2.24, 2.45) is 17.8 Å². The van der Waals surface area contributed by atoms with Gasteiger partial charge in [0.15, 0.2) is 0 Å². The Bertz CT molecular complexity index is 368. The molecule has 0 N–H and O–H groups in total. The van der Waals surface area contributed by atoms with E-state index in [1.54, 1.807) is 5.57 Å². The molecular formula is C19H34S. The molecule has 1 heteroatoms. The van der Waals surface area contributed by atoms with Crippen molar-refractivity contribution in [1.29, 1.82) is 0 Å². The zero-order chi connectivity index (χ0) is 14.7. The van der Waals surface area contributed by atoms with E-state index in [0.29, 0.717) is 0 Å². The standard InChI is InChI=1S/C19H34S/c1-6-8-14(3)10-11-15(4)20(5)19-17-12-16(9-7-2)13-18(17)19/h10-12,14-15,17-20H,6-9,13H2,1-5H3/b11-10-/t14-,15-,17?,18?,19-/m1/s1. The molecule has 2 rings (SSSR count). The van der Waals surface area contributed by atoms with Gasteiger partial charge in [-0.05, 0) is 48.5 Å². The Morgan fingerprint density at radius 1 is 1.25 bits per heavy atom. The third kappa shape index (κ3) is 3.72. The Labute approximate surface area is 129 Å². The molecule has 0 heterocycles. The van der Waals surface area contributed by atoms with Gasteiger partial charge in [-0.2, -0.15) is 0 Å². The Kier molecular flexibility index (Phi) is 5.84. The molecule has 2 aliphatic carbocycles. The van der Waals surface area contributed by atoms with Gasteiger partial charge < -0.3 is 0 Å². The van der Waals surface area contributed by atoms with Crippen LogP contribution in [0.2, 0.25) is 0 Å². The summed E-state index contributed by atoms with van der Waals surface area (Å²) in [6.07, 6.45) is 16.9. The van der Waals surface area contributed by atoms with Gasteiger partial charge in [0, 0.05) is 5.25 Å². The topological polar surface area (TPSA) is 0 Å². The number of thiol groups is 1. The molecule has 0 saturated heterocycles. The van der Waals surface area contributed by atoms with E-state index in [2.05, 4.69) is 52.2 Å². The van der Waals surface area contributed by atoms with Crippen LogP contribution in [-0.2, 0) is 0 Å². The van der Waals surface area contributed by atoms with E-state index in [9.17, 15) is 0 Å². The molecule has 1 saturated carbocycles. The monoisotopic (exact) mass is 294 g/mol. The number of rotatable bonds is 8. The van der Waals surface area contributed by atoms with Gasteiger partial charge >= 0.3 is 0 Å². The van der Waals surface area contributed by atoms with Crippen LogP contribution in [0.15, 0.2) is 23.8 Å². The van der Waals surface area contributed by atoms with Crippen molar-refractivity contribution in [1.82, 2.24) is 0 Å². The molecule has 0 bridgehead atoms. The van der Waals surface area contributed by atoms with Crippen LogP contribution in [0.25, 0.3) is 0 Å². The van der Waals surface area contributed by atoms with Crippen LogP contribution < -0.4 is 0 Å². The average Bonchev–Trinajstić information content (AvgIpc) is 2.92. The number of hydrogen-bond acceptors (Lipinski definition) is 0. The highest BCUT2D eigenvalue weighted by Gasteiger charge is 2.53. The number of allylic oxidation sites excluding steroid dienone is 3. The SMILES string of the molecule is CCCC1=CC2C(C1)[C@@H]2[SH](C)[C@H](C)/C=C\[C@H](C)CCC. The third-order valence-electron chi connectivity index (χ3n) is 5.26. The van der Waals surface area contributed by atoms with E-state index < -0.39 is 0 Å². The highest BCUT2D eigenvalue weighted by Crippen LogP contribution is 2.63.